The summed E-state index contributed by atoms with van der Waals surface area (Å²) < 4.78 is 0. The molecule has 0 spiro atoms. The lowest BCUT2D eigenvalue weighted by Crippen LogP contribution is -2.53. The van der Waals surface area contributed by atoms with Crippen LogP contribution in [0.25, 0.3) is 0 Å². The lowest BCUT2D eigenvalue weighted by molar-refractivity contribution is -0.123. The van der Waals surface area contributed by atoms with Crippen molar-refractivity contribution >= 4 is 23.6 Å². The molecule has 2 bridgehead atoms. The summed E-state index contributed by atoms with van der Waals surface area (Å²) in [6.07, 6.45) is 2.94. The Bertz CT molecular complexity index is 623. The van der Waals surface area contributed by atoms with Crippen molar-refractivity contribution in [2.24, 2.45) is 0 Å². The standard InChI is InChI=1S/C18H24ClN3O3/c1-11(20-18(24)25)17(23)21-14-8-15-6-7-16(9-14)22(15)10-12-2-4-13(19)5-3-12/h2-5,11,14-16,20H,6-10H2,1H3,(H,21,23)(H,24,25)/t11?,14?,15-,16?/m0/s1. The van der Waals surface area contributed by atoms with E-state index in [9.17, 15) is 9.59 Å². The summed E-state index contributed by atoms with van der Waals surface area (Å²) in [5.41, 5.74) is 1.25. The molecule has 0 radical (unpaired) electrons. The van der Waals surface area contributed by atoms with Gasteiger partial charge in [-0.3, -0.25) is 9.69 Å². The molecule has 7 heteroatoms. The predicted molar refractivity (Wildman–Crippen MR) is 95.6 cm³/mol. The molecular weight excluding hydrogens is 342 g/mol. The van der Waals surface area contributed by atoms with E-state index < -0.39 is 12.1 Å². The third-order valence-electron chi connectivity index (χ3n) is 5.24. The number of piperidine rings is 1. The van der Waals surface area contributed by atoms with E-state index in [4.69, 9.17) is 16.7 Å². The molecule has 0 aliphatic carbocycles. The van der Waals surface area contributed by atoms with E-state index in [1.165, 1.54) is 5.56 Å². The van der Waals surface area contributed by atoms with Crippen LogP contribution in [0.3, 0.4) is 0 Å². The highest BCUT2D eigenvalue weighted by Crippen LogP contribution is 2.37. The van der Waals surface area contributed by atoms with Gasteiger partial charge in [-0.1, -0.05) is 23.7 Å². The minimum Gasteiger partial charge on any atom is -0.465 e. The molecule has 2 aliphatic rings. The van der Waals surface area contributed by atoms with E-state index in [1.807, 2.05) is 12.1 Å². The Labute approximate surface area is 152 Å². The molecule has 6 nitrogen and oxygen atoms in total. The lowest BCUT2D eigenvalue weighted by Gasteiger charge is -2.39. The minimum absolute atomic E-state index is 0.115. The SMILES string of the molecule is CC(NC(=O)O)C(=O)NC1CC2CC[C@@H](C1)N2Cc1ccc(Cl)cc1. The van der Waals surface area contributed by atoms with Crippen LogP contribution in [-0.4, -0.2) is 46.2 Å². The van der Waals surface area contributed by atoms with Gasteiger partial charge in [0.2, 0.25) is 5.91 Å². The Morgan fingerprint density at radius 3 is 2.40 bits per heavy atom. The van der Waals surface area contributed by atoms with Gasteiger partial charge in [-0.15, -0.1) is 0 Å². The molecule has 0 aromatic heterocycles. The van der Waals surface area contributed by atoms with Gasteiger partial charge in [-0.05, 0) is 50.3 Å². The summed E-state index contributed by atoms with van der Waals surface area (Å²) >= 11 is 5.95. The molecule has 136 valence electrons. The summed E-state index contributed by atoms with van der Waals surface area (Å²) in [7, 11) is 0. The Morgan fingerprint density at radius 1 is 1.24 bits per heavy atom. The van der Waals surface area contributed by atoms with Crippen molar-refractivity contribution in [3.8, 4) is 0 Å². The molecule has 1 aromatic rings. The molecule has 2 saturated heterocycles. The Morgan fingerprint density at radius 2 is 1.84 bits per heavy atom. The average molecular weight is 366 g/mol. The van der Waals surface area contributed by atoms with Crippen molar-refractivity contribution in [3.05, 3.63) is 34.9 Å². The van der Waals surface area contributed by atoms with Crippen molar-refractivity contribution in [3.63, 3.8) is 0 Å². The summed E-state index contributed by atoms with van der Waals surface area (Å²) in [6, 6.07) is 8.27. The zero-order valence-corrected chi connectivity index (χ0v) is 15.0. The van der Waals surface area contributed by atoms with E-state index in [-0.39, 0.29) is 11.9 Å². The van der Waals surface area contributed by atoms with Crippen LogP contribution in [0.2, 0.25) is 5.02 Å². The molecule has 3 unspecified atom stereocenters. The van der Waals surface area contributed by atoms with E-state index in [0.717, 1.165) is 37.3 Å². The molecule has 2 amide bonds. The van der Waals surface area contributed by atoms with E-state index >= 15 is 0 Å². The molecule has 3 rings (SSSR count). The van der Waals surface area contributed by atoms with E-state index in [0.29, 0.717) is 12.1 Å². The van der Waals surface area contributed by atoms with Gasteiger partial charge < -0.3 is 15.7 Å². The highest BCUT2D eigenvalue weighted by molar-refractivity contribution is 6.30. The Kier molecular flexibility index (Phi) is 5.49. The third-order valence-corrected chi connectivity index (χ3v) is 5.49. The van der Waals surface area contributed by atoms with Gasteiger partial charge in [-0.25, -0.2) is 4.79 Å². The summed E-state index contributed by atoms with van der Waals surface area (Å²) in [5, 5.41) is 14.7. The maximum absolute atomic E-state index is 12.1. The number of nitrogens with zero attached hydrogens (tertiary/aromatic N) is 1. The number of carboxylic acid groups (broad SMARTS) is 1. The Hall–Kier alpha value is -1.79. The van der Waals surface area contributed by atoms with Gasteiger partial charge in [0.05, 0.1) is 0 Å². The fraction of sp³-hybridized carbons (Fsp3) is 0.556. The zero-order chi connectivity index (χ0) is 18.0. The normalized spacial score (nSPS) is 26.9. The van der Waals surface area contributed by atoms with Gasteiger partial charge in [0.25, 0.3) is 0 Å². The smallest absolute Gasteiger partial charge is 0.405 e. The molecule has 0 saturated carbocycles. The van der Waals surface area contributed by atoms with E-state index in [1.54, 1.807) is 6.92 Å². The highest BCUT2D eigenvalue weighted by atomic mass is 35.5. The number of carbonyl (C=O) groups excluding carboxylic acids is 1. The second kappa shape index (κ2) is 7.62. The first-order chi connectivity index (χ1) is 11.9. The summed E-state index contributed by atoms with van der Waals surface area (Å²) in [5.74, 6) is -0.252. The number of fused-ring (bicyclic) bond motifs is 2. The van der Waals surface area contributed by atoms with Crippen LogP contribution in [0, 0.1) is 0 Å². The quantitative estimate of drug-likeness (QED) is 0.749. The van der Waals surface area contributed by atoms with Gasteiger partial charge in [0, 0.05) is 29.7 Å². The van der Waals surface area contributed by atoms with Crippen LogP contribution in [0.5, 0.6) is 0 Å². The van der Waals surface area contributed by atoms with Crippen LogP contribution in [0.1, 0.15) is 38.2 Å². The second-order valence-electron chi connectivity index (χ2n) is 7.03. The maximum Gasteiger partial charge on any atom is 0.405 e. The summed E-state index contributed by atoms with van der Waals surface area (Å²) in [4.78, 5) is 25.3. The fourth-order valence-corrected chi connectivity index (χ4v) is 4.15. The Balaban J connectivity index is 1.55. The molecule has 2 fully saturated rings. The fourth-order valence-electron chi connectivity index (χ4n) is 4.03. The molecular formula is C18H24ClN3O3. The number of hydrogen-bond donors (Lipinski definition) is 3. The molecule has 3 N–H and O–H groups in total. The molecule has 25 heavy (non-hydrogen) atoms. The van der Waals surface area contributed by atoms with Gasteiger partial charge in [-0.2, -0.15) is 0 Å². The van der Waals surface area contributed by atoms with Crippen molar-refractivity contribution in [2.75, 3.05) is 0 Å². The van der Waals surface area contributed by atoms with Crippen LogP contribution < -0.4 is 10.6 Å². The van der Waals surface area contributed by atoms with E-state index in [2.05, 4.69) is 27.7 Å². The topological polar surface area (TPSA) is 81.7 Å². The first-order valence-corrected chi connectivity index (χ1v) is 9.10. The first kappa shape index (κ1) is 18.0. The number of rotatable bonds is 5. The number of nitrogens with one attached hydrogen (secondary N) is 2. The van der Waals surface area contributed by atoms with Crippen molar-refractivity contribution in [1.82, 2.24) is 15.5 Å². The number of amides is 2. The molecule has 1 aromatic carbocycles. The predicted octanol–water partition coefficient (Wildman–Crippen LogP) is 2.61. The number of carbonyl (C=O) groups is 2. The van der Waals surface area contributed by atoms with Crippen molar-refractivity contribution in [1.29, 1.82) is 0 Å². The van der Waals surface area contributed by atoms with Crippen LogP contribution in [0.15, 0.2) is 24.3 Å². The largest absolute Gasteiger partial charge is 0.465 e. The lowest BCUT2D eigenvalue weighted by atomic mass is 9.96. The molecule has 2 aliphatic heterocycles. The molecule has 2 heterocycles. The minimum atomic E-state index is -1.18. The van der Waals surface area contributed by atoms with Crippen molar-refractivity contribution in [2.45, 2.75) is 63.3 Å². The number of benzene rings is 1. The number of hydrogen-bond acceptors (Lipinski definition) is 3. The van der Waals surface area contributed by atoms with Gasteiger partial charge >= 0.3 is 6.09 Å². The summed E-state index contributed by atoms with van der Waals surface area (Å²) in [6.45, 7) is 2.47. The number of halogens is 1. The average Bonchev–Trinajstić information content (AvgIpc) is 2.78. The van der Waals surface area contributed by atoms with Gasteiger partial charge in [0.15, 0.2) is 0 Å². The maximum atomic E-state index is 12.1. The van der Waals surface area contributed by atoms with Crippen LogP contribution in [0.4, 0.5) is 4.79 Å². The third kappa shape index (κ3) is 4.44. The highest BCUT2D eigenvalue weighted by Gasteiger charge is 2.41. The van der Waals surface area contributed by atoms with Crippen LogP contribution in [-0.2, 0) is 11.3 Å². The monoisotopic (exact) mass is 365 g/mol. The van der Waals surface area contributed by atoms with Crippen LogP contribution >= 0.6 is 11.6 Å². The van der Waals surface area contributed by atoms with Crippen molar-refractivity contribution < 1.29 is 14.7 Å². The zero-order valence-electron chi connectivity index (χ0n) is 14.2. The van der Waals surface area contributed by atoms with Gasteiger partial charge in [0.1, 0.15) is 6.04 Å². The first-order valence-electron chi connectivity index (χ1n) is 8.72. The molecule has 4 atom stereocenters. The second-order valence-corrected chi connectivity index (χ2v) is 7.47.